The maximum atomic E-state index is 5.54. The monoisotopic (exact) mass is 309 g/mol. The summed E-state index contributed by atoms with van der Waals surface area (Å²) in [5.41, 5.74) is 2.91. The Balaban J connectivity index is 2.03. The van der Waals surface area contributed by atoms with Gasteiger partial charge in [-0.1, -0.05) is 15.9 Å². The number of fused-ring (bicyclic) bond motifs is 1. The van der Waals surface area contributed by atoms with E-state index in [1.165, 1.54) is 54.4 Å². The summed E-state index contributed by atoms with van der Waals surface area (Å²) in [5, 5.41) is 0. The van der Waals surface area contributed by atoms with Gasteiger partial charge in [0.05, 0.1) is 7.11 Å². The van der Waals surface area contributed by atoms with E-state index in [4.69, 9.17) is 4.74 Å². The Bertz CT molecular complexity index is 440. The SMILES string of the molecule is COc1ccc(Br)c2c1CCCC2N1CCCC1. The number of halogens is 1. The molecule has 0 spiro atoms. The minimum Gasteiger partial charge on any atom is -0.496 e. The Kier molecular flexibility index (Phi) is 3.62. The number of hydrogen-bond acceptors (Lipinski definition) is 2. The third-order valence-corrected chi connectivity index (χ3v) is 4.99. The lowest BCUT2D eigenvalue weighted by molar-refractivity contribution is 0.219. The lowest BCUT2D eigenvalue weighted by Crippen LogP contribution is -2.29. The summed E-state index contributed by atoms with van der Waals surface area (Å²) in [4.78, 5) is 2.65. The third kappa shape index (κ3) is 2.08. The molecule has 0 aromatic heterocycles. The molecule has 0 saturated carbocycles. The molecule has 0 bridgehead atoms. The minimum absolute atomic E-state index is 0.598. The van der Waals surface area contributed by atoms with Gasteiger partial charge in [-0.15, -0.1) is 0 Å². The fraction of sp³-hybridized carbons (Fsp3) is 0.600. The van der Waals surface area contributed by atoms with Crippen molar-refractivity contribution < 1.29 is 4.74 Å². The van der Waals surface area contributed by atoms with E-state index in [1.807, 2.05) is 0 Å². The van der Waals surface area contributed by atoms with Crippen LogP contribution >= 0.6 is 15.9 Å². The predicted octanol–water partition coefficient (Wildman–Crippen LogP) is 3.93. The molecule has 1 unspecified atom stereocenters. The third-order valence-electron chi connectivity index (χ3n) is 4.30. The van der Waals surface area contributed by atoms with Crippen LogP contribution in [0.25, 0.3) is 0 Å². The van der Waals surface area contributed by atoms with Crippen LogP contribution < -0.4 is 4.74 Å². The van der Waals surface area contributed by atoms with Gasteiger partial charge in [-0.3, -0.25) is 4.90 Å². The quantitative estimate of drug-likeness (QED) is 0.820. The normalized spacial score (nSPS) is 24.0. The number of likely N-dealkylation sites (tertiary alicyclic amines) is 1. The Morgan fingerprint density at radius 1 is 1.22 bits per heavy atom. The van der Waals surface area contributed by atoms with Crippen LogP contribution in [0.1, 0.15) is 42.9 Å². The predicted molar refractivity (Wildman–Crippen MR) is 77.2 cm³/mol. The molecule has 0 N–H and O–H groups in total. The second-order valence-electron chi connectivity index (χ2n) is 5.29. The summed E-state index contributed by atoms with van der Waals surface area (Å²) in [5.74, 6) is 1.07. The highest BCUT2D eigenvalue weighted by Crippen LogP contribution is 2.43. The molecule has 1 aromatic carbocycles. The molecule has 1 heterocycles. The molecule has 1 aliphatic heterocycles. The Morgan fingerprint density at radius 2 is 2.00 bits per heavy atom. The van der Waals surface area contributed by atoms with E-state index in [-0.39, 0.29) is 0 Å². The van der Waals surface area contributed by atoms with Crippen molar-refractivity contribution in [1.29, 1.82) is 0 Å². The van der Waals surface area contributed by atoms with E-state index < -0.39 is 0 Å². The molecule has 3 heteroatoms. The molecule has 98 valence electrons. The van der Waals surface area contributed by atoms with Gasteiger partial charge in [-0.05, 0) is 62.9 Å². The molecular weight excluding hydrogens is 290 g/mol. The number of hydrogen-bond donors (Lipinski definition) is 0. The smallest absolute Gasteiger partial charge is 0.122 e. The van der Waals surface area contributed by atoms with Crippen molar-refractivity contribution in [1.82, 2.24) is 4.90 Å². The van der Waals surface area contributed by atoms with Crippen LogP contribution in [0.5, 0.6) is 5.75 Å². The average molecular weight is 310 g/mol. The van der Waals surface area contributed by atoms with Crippen LogP contribution in [0.3, 0.4) is 0 Å². The van der Waals surface area contributed by atoms with E-state index in [9.17, 15) is 0 Å². The van der Waals surface area contributed by atoms with E-state index in [0.717, 1.165) is 12.2 Å². The summed E-state index contributed by atoms with van der Waals surface area (Å²) in [6, 6.07) is 4.84. The Labute approximate surface area is 117 Å². The second kappa shape index (κ2) is 5.22. The highest BCUT2D eigenvalue weighted by molar-refractivity contribution is 9.10. The highest BCUT2D eigenvalue weighted by atomic mass is 79.9. The van der Waals surface area contributed by atoms with Crippen molar-refractivity contribution in [3.8, 4) is 5.75 Å². The summed E-state index contributed by atoms with van der Waals surface area (Å²) < 4.78 is 6.80. The second-order valence-corrected chi connectivity index (χ2v) is 6.15. The molecule has 1 saturated heterocycles. The lowest BCUT2D eigenvalue weighted by Gasteiger charge is -2.34. The molecule has 2 aliphatic rings. The first-order valence-electron chi connectivity index (χ1n) is 6.90. The standard InChI is InChI=1S/C15H20BrNO/c1-18-14-8-7-12(16)15-11(14)5-4-6-13(15)17-9-2-3-10-17/h7-8,13H,2-6,9-10H2,1H3. The minimum atomic E-state index is 0.598. The molecule has 1 fully saturated rings. The van der Waals surface area contributed by atoms with Crippen molar-refractivity contribution in [2.45, 2.75) is 38.1 Å². The number of nitrogens with zero attached hydrogens (tertiary/aromatic N) is 1. The number of ether oxygens (including phenoxy) is 1. The Morgan fingerprint density at radius 3 is 2.72 bits per heavy atom. The summed E-state index contributed by atoms with van der Waals surface area (Å²) in [7, 11) is 1.78. The van der Waals surface area contributed by atoms with Gasteiger partial charge in [0.2, 0.25) is 0 Å². The largest absolute Gasteiger partial charge is 0.496 e. The van der Waals surface area contributed by atoms with Crippen LogP contribution in [-0.4, -0.2) is 25.1 Å². The number of benzene rings is 1. The molecule has 1 aliphatic carbocycles. The molecule has 0 radical (unpaired) electrons. The van der Waals surface area contributed by atoms with Crippen molar-refractivity contribution in [2.75, 3.05) is 20.2 Å². The zero-order valence-electron chi connectivity index (χ0n) is 10.9. The molecule has 18 heavy (non-hydrogen) atoms. The van der Waals surface area contributed by atoms with E-state index >= 15 is 0 Å². The first kappa shape index (κ1) is 12.5. The van der Waals surface area contributed by atoms with E-state index in [2.05, 4.69) is 33.0 Å². The van der Waals surface area contributed by atoms with Gasteiger partial charge in [-0.2, -0.15) is 0 Å². The fourth-order valence-corrected chi connectivity index (χ4v) is 4.10. The molecule has 3 rings (SSSR count). The van der Waals surface area contributed by atoms with Crippen LogP contribution in [-0.2, 0) is 6.42 Å². The lowest BCUT2D eigenvalue weighted by atomic mass is 9.86. The fourth-order valence-electron chi connectivity index (χ4n) is 3.46. The first-order valence-corrected chi connectivity index (χ1v) is 7.70. The van der Waals surface area contributed by atoms with Crippen molar-refractivity contribution in [3.63, 3.8) is 0 Å². The molecular formula is C15H20BrNO. The van der Waals surface area contributed by atoms with Crippen LogP contribution in [0.4, 0.5) is 0 Å². The first-order chi connectivity index (χ1) is 8.81. The van der Waals surface area contributed by atoms with Crippen LogP contribution in [0.2, 0.25) is 0 Å². The van der Waals surface area contributed by atoms with Gasteiger partial charge >= 0.3 is 0 Å². The maximum Gasteiger partial charge on any atom is 0.122 e. The molecule has 2 nitrogen and oxygen atoms in total. The van der Waals surface area contributed by atoms with E-state index in [0.29, 0.717) is 6.04 Å². The maximum absolute atomic E-state index is 5.54. The zero-order valence-corrected chi connectivity index (χ0v) is 12.5. The average Bonchev–Trinajstić information content (AvgIpc) is 2.92. The number of rotatable bonds is 2. The van der Waals surface area contributed by atoms with Crippen LogP contribution in [0, 0.1) is 0 Å². The summed E-state index contributed by atoms with van der Waals surface area (Å²) in [6.07, 6.45) is 6.43. The van der Waals surface area contributed by atoms with Crippen LogP contribution in [0.15, 0.2) is 16.6 Å². The molecule has 1 atom stereocenters. The molecule has 1 aromatic rings. The topological polar surface area (TPSA) is 12.5 Å². The van der Waals surface area contributed by atoms with Crippen molar-refractivity contribution in [2.24, 2.45) is 0 Å². The number of methoxy groups -OCH3 is 1. The van der Waals surface area contributed by atoms with Crippen molar-refractivity contribution in [3.05, 3.63) is 27.7 Å². The highest BCUT2D eigenvalue weighted by Gasteiger charge is 2.30. The summed E-state index contributed by atoms with van der Waals surface area (Å²) >= 11 is 3.75. The molecule has 0 amide bonds. The summed E-state index contributed by atoms with van der Waals surface area (Å²) in [6.45, 7) is 2.52. The van der Waals surface area contributed by atoms with Crippen molar-refractivity contribution >= 4 is 15.9 Å². The van der Waals surface area contributed by atoms with Gasteiger partial charge in [-0.25, -0.2) is 0 Å². The Hall–Kier alpha value is -0.540. The van der Waals surface area contributed by atoms with Gasteiger partial charge in [0, 0.05) is 16.1 Å². The van der Waals surface area contributed by atoms with Gasteiger partial charge in [0.15, 0.2) is 0 Å². The zero-order chi connectivity index (χ0) is 12.5. The van der Waals surface area contributed by atoms with E-state index in [1.54, 1.807) is 7.11 Å². The van der Waals surface area contributed by atoms with Gasteiger partial charge in [0.25, 0.3) is 0 Å². The van der Waals surface area contributed by atoms with Gasteiger partial charge in [0.1, 0.15) is 5.75 Å². The van der Waals surface area contributed by atoms with Gasteiger partial charge < -0.3 is 4.74 Å².